The Morgan fingerprint density at radius 2 is 1.79 bits per heavy atom. The van der Waals surface area contributed by atoms with Crippen molar-refractivity contribution in [2.24, 2.45) is 0 Å². The fraction of sp³-hybridized carbons (Fsp3) is 0.0769. The van der Waals surface area contributed by atoms with Gasteiger partial charge in [0.25, 0.3) is 0 Å². The molecule has 2 rings (SSSR count). The van der Waals surface area contributed by atoms with E-state index in [0.717, 1.165) is 16.3 Å². The molecule has 0 saturated heterocycles. The lowest BCUT2D eigenvalue weighted by atomic mass is 10.0. The molecule has 0 aliphatic heterocycles. The van der Waals surface area contributed by atoms with E-state index in [9.17, 15) is 5.11 Å². The summed E-state index contributed by atoms with van der Waals surface area (Å²) in [4.78, 5) is 0. The fourth-order valence-corrected chi connectivity index (χ4v) is 1.64. The van der Waals surface area contributed by atoms with Gasteiger partial charge in [0.2, 0.25) is 0 Å². The van der Waals surface area contributed by atoms with E-state index in [0.29, 0.717) is 0 Å². The van der Waals surface area contributed by atoms with Gasteiger partial charge in [0.05, 0.1) is 6.10 Å². The van der Waals surface area contributed by atoms with Crippen LogP contribution in [0.25, 0.3) is 10.8 Å². The SMILES string of the molecule is C=C[C@@H](O)c1cccc2ccccc12. The van der Waals surface area contributed by atoms with Crippen molar-refractivity contribution >= 4 is 10.8 Å². The van der Waals surface area contributed by atoms with E-state index < -0.39 is 6.10 Å². The number of fused-ring (bicyclic) bond motifs is 1. The van der Waals surface area contributed by atoms with Crippen molar-refractivity contribution in [3.63, 3.8) is 0 Å². The Bertz CT molecular complexity index is 454. The van der Waals surface area contributed by atoms with Gasteiger partial charge in [0.1, 0.15) is 0 Å². The van der Waals surface area contributed by atoms with Crippen molar-refractivity contribution in [3.8, 4) is 0 Å². The molecule has 0 aromatic heterocycles. The summed E-state index contributed by atoms with van der Waals surface area (Å²) in [5, 5.41) is 11.9. The molecule has 70 valence electrons. The first kappa shape index (κ1) is 8.97. The van der Waals surface area contributed by atoms with Gasteiger partial charge in [-0.05, 0) is 16.3 Å². The molecule has 0 fully saturated rings. The van der Waals surface area contributed by atoms with E-state index >= 15 is 0 Å². The zero-order valence-corrected chi connectivity index (χ0v) is 7.85. The lowest BCUT2D eigenvalue weighted by Crippen LogP contribution is -1.93. The maximum absolute atomic E-state index is 9.71. The van der Waals surface area contributed by atoms with Crippen LogP contribution in [0.2, 0.25) is 0 Å². The molecule has 2 aromatic carbocycles. The minimum Gasteiger partial charge on any atom is -0.384 e. The Kier molecular flexibility index (Phi) is 2.33. The van der Waals surface area contributed by atoms with Crippen LogP contribution in [0, 0.1) is 0 Å². The molecule has 0 aliphatic rings. The molecule has 0 heterocycles. The first-order chi connectivity index (χ1) is 6.83. The molecule has 1 nitrogen and oxygen atoms in total. The number of benzene rings is 2. The third-order valence-corrected chi connectivity index (χ3v) is 2.37. The van der Waals surface area contributed by atoms with Gasteiger partial charge in [0.15, 0.2) is 0 Å². The minimum absolute atomic E-state index is 0.582. The Hall–Kier alpha value is -1.60. The Balaban J connectivity index is 2.70. The molecule has 0 radical (unpaired) electrons. The van der Waals surface area contributed by atoms with Gasteiger partial charge in [-0.1, -0.05) is 48.5 Å². The summed E-state index contributed by atoms with van der Waals surface area (Å²) in [5.41, 5.74) is 0.915. The second-order valence-electron chi connectivity index (χ2n) is 3.25. The quantitative estimate of drug-likeness (QED) is 0.711. The average molecular weight is 184 g/mol. The molecule has 0 spiro atoms. The van der Waals surface area contributed by atoms with Gasteiger partial charge < -0.3 is 5.11 Å². The Morgan fingerprint density at radius 3 is 2.57 bits per heavy atom. The van der Waals surface area contributed by atoms with E-state index in [4.69, 9.17) is 0 Å². The van der Waals surface area contributed by atoms with Crippen molar-refractivity contribution in [1.29, 1.82) is 0 Å². The summed E-state index contributed by atoms with van der Waals surface area (Å²) in [6, 6.07) is 13.9. The second kappa shape index (κ2) is 3.64. The van der Waals surface area contributed by atoms with Crippen molar-refractivity contribution < 1.29 is 5.11 Å². The predicted molar refractivity (Wildman–Crippen MR) is 59.1 cm³/mol. The Morgan fingerprint density at radius 1 is 1.07 bits per heavy atom. The van der Waals surface area contributed by atoms with E-state index in [2.05, 4.69) is 6.58 Å². The number of hydrogen-bond donors (Lipinski definition) is 1. The molecule has 2 aromatic rings. The highest BCUT2D eigenvalue weighted by Crippen LogP contribution is 2.24. The lowest BCUT2D eigenvalue weighted by molar-refractivity contribution is 0.230. The highest BCUT2D eigenvalue weighted by atomic mass is 16.3. The van der Waals surface area contributed by atoms with E-state index in [-0.39, 0.29) is 0 Å². The third-order valence-electron chi connectivity index (χ3n) is 2.37. The molecule has 0 saturated carbocycles. The van der Waals surface area contributed by atoms with Gasteiger partial charge in [-0.2, -0.15) is 0 Å². The van der Waals surface area contributed by atoms with Crippen LogP contribution in [-0.4, -0.2) is 5.11 Å². The van der Waals surface area contributed by atoms with Crippen LogP contribution < -0.4 is 0 Å². The van der Waals surface area contributed by atoms with Crippen molar-refractivity contribution in [2.45, 2.75) is 6.10 Å². The topological polar surface area (TPSA) is 20.2 Å². The van der Waals surface area contributed by atoms with Gasteiger partial charge in [-0.25, -0.2) is 0 Å². The molecule has 0 aliphatic carbocycles. The zero-order valence-electron chi connectivity index (χ0n) is 7.85. The maximum Gasteiger partial charge on any atom is 0.0975 e. The summed E-state index contributed by atoms with van der Waals surface area (Å²) in [7, 11) is 0. The maximum atomic E-state index is 9.71. The van der Waals surface area contributed by atoms with Gasteiger partial charge in [-0.3, -0.25) is 0 Å². The van der Waals surface area contributed by atoms with Crippen LogP contribution >= 0.6 is 0 Å². The summed E-state index contributed by atoms with van der Waals surface area (Å²) in [5.74, 6) is 0. The van der Waals surface area contributed by atoms with Gasteiger partial charge >= 0.3 is 0 Å². The summed E-state index contributed by atoms with van der Waals surface area (Å²) >= 11 is 0. The lowest BCUT2D eigenvalue weighted by Gasteiger charge is -2.09. The van der Waals surface area contributed by atoms with E-state index in [1.54, 1.807) is 6.08 Å². The number of aliphatic hydroxyl groups is 1. The van der Waals surface area contributed by atoms with Crippen LogP contribution in [0.1, 0.15) is 11.7 Å². The molecule has 1 atom stereocenters. The highest BCUT2D eigenvalue weighted by molar-refractivity contribution is 5.86. The van der Waals surface area contributed by atoms with Crippen LogP contribution in [0.4, 0.5) is 0 Å². The standard InChI is InChI=1S/C13H12O/c1-2-13(14)12-9-5-7-10-6-3-4-8-11(10)12/h2-9,13-14H,1H2/t13-/m1/s1. The number of rotatable bonds is 2. The largest absolute Gasteiger partial charge is 0.384 e. The zero-order chi connectivity index (χ0) is 9.97. The molecule has 0 unspecified atom stereocenters. The molecule has 14 heavy (non-hydrogen) atoms. The molecule has 0 amide bonds. The predicted octanol–water partition coefficient (Wildman–Crippen LogP) is 3.06. The Labute approximate surface area is 83.3 Å². The normalized spacial score (nSPS) is 12.6. The van der Waals surface area contributed by atoms with Crippen molar-refractivity contribution in [3.05, 3.63) is 60.7 Å². The average Bonchev–Trinajstić information content (AvgIpc) is 2.27. The molecule has 1 heteroatoms. The summed E-state index contributed by atoms with van der Waals surface area (Å²) < 4.78 is 0. The van der Waals surface area contributed by atoms with Crippen LogP contribution in [0.5, 0.6) is 0 Å². The van der Waals surface area contributed by atoms with Crippen molar-refractivity contribution in [1.82, 2.24) is 0 Å². The number of aliphatic hydroxyl groups excluding tert-OH is 1. The molecule has 1 N–H and O–H groups in total. The molecule has 0 bridgehead atoms. The second-order valence-corrected chi connectivity index (χ2v) is 3.25. The summed E-state index contributed by atoms with van der Waals surface area (Å²) in [6.07, 6.45) is 0.961. The van der Waals surface area contributed by atoms with Gasteiger partial charge in [0, 0.05) is 0 Å². The van der Waals surface area contributed by atoms with Crippen LogP contribution in [0.3, 0.4) is 0 Å². The fourth-order valence-electron chi connectivity index (χ4n) is 1.64. The first-order valence-electron chi connectivity index (χ1n) is 4.61. The van der Waals surface area contributed by atoms with E-state index in [1.165, 1.54) is 0 Å². The molecular weight excluding hydrogens is 172 g/mol. The van der Waals surface area contributed by atoms with E-state index in [1.807, 2.05) is 42.5 Å². The van der Waals surface area contributed by atoms with Crippen LogP contribution in [-0.2, 0) is 0 Å². The van der Waals surface area contributed by atoms with Crippen LogP contribution in [0.15, 0.2) is 55.1 Å². The highest BCUT2D eigenvalue weighted by Gasteiger charge is 2.05. The molecular formula is C13H12O. The monoisotopic (exact) mass is 184 g/mol. The number of hydrogen-bond acceptors (Lipinski definition) is 1. The smallest absolute Gasteiger partial charge is 0.0975 e. The first-order valence-corrected chi connectivity index (χ1v) is 4.61. The minimum atomic E-state index is -0.582. The van der Waals surface area contributed by atoms with Gasteiger partial charge in [-0.15, -0.1) is 6.58 Å². The third kappa shape index (κ3) is 1.42. The summed E-state index contributed by atoms with van der Waals surface area (Å²) in [6.45, 7) is 3.59. The van der Waals surface area contributed by atoms with Crippen molar-refractivity contribution in [2.75, 3.05) is 0 Å².